The van der Waals surface area contributed by atoms with E-state index >= 15 is 0 Å². The van der Waals surface area contributed by atoms with Gasteiger partial charge < -0.3 is 20.9 Å². The lowest BCUT2D eigenvalue weighted by molar-refractivity contribution is 0.0986. The number of nitrogens with two attached hydrogens (primary N) is 1. The van der Waals surface area contributed by atoms with E-state index in [1.165, 1.54) is 0 Å². The van der Waals surface area contributed by atoms with Crippen LogP contribution >= 0.6 is 24.8 Å². The minimum Gasteiger partial charge on any atom is -0.342 e. The van der Waals surface area contributed by atoms with Crippen molar-refractivity contribution in [2.45, 2.75) is 19.3 Å². The Kier molecular flexibility index (Phi) is 10.4. The molecule has 7 nitrogen and oxygen atoms in total. The molecule has 4 aromatic carbocycles. The lowest BCUT2D eigenvalue weighted by Gasteiger charge is -2.23. The van der Waals surface area contributed by atoms with Gasteiger partial charge in [0.15, 0.2) is 0 Å². The van der Waals surface area contributed by atoms with Crippen molar-refractivity contribution in [3.05, 3.63) is 126 Å². The number of H-pyrrole nitrogens is 1. The van der Waals surface area contributed by atoms with Crippen molar-refractivity contribution in [2.24, 2.45) is 5.73 Å². The van der Waals surface area contributed by atoms with Gasteiger partial charge in [0.2, 0.25) is 0 Å². The largest absolute Gasteiger partial charge is 0.342 e. The highest BCUT2D eigenvalue weighted by Gasteiger charge is 2.27. The summed E-state index contributed by atoms with van der Waals surface area (Å²) in [6.45, 7) is 1.13. The monoisotopic (exact) mass is 613 g/mol. The number of benzene rings is 4. The molecule has 0 aliphatic carbocycles. The van der Waals surface area contributed by atoms with Crippen LogP contribution in [-0.2, 0) is 12.8 Å². The van der Waals surface area contributed by atoms with Crippen molar-refractivity contribution in [1.82, 2.24) is 9.97 Å². The van der Waals surface area contributed by atoms with Gasteiger partial charge in [0.1, 0.15) is 5.82 Å². The predicted octanol–water partition coefficient (Wildman–Crippen LogP) is 6.93. The van der Waals surface area contributed by atoms with Gasteiger partial charge >= 0.3 is 0 Å². The van der Waals surface area contributed by atoms with Gasteiger partial charge in [0.05, 0.1) is 17.1 Å². The zero-order valence-corrected chi connectivity index (χ0v) is 25.1. The first kappa shape index (κ1) is 31.5. The first-order chi connectivity index (χ1) is 20.1. The second-order valence-electron chi connectivity index (χ2n) is 10.1. The van der Waals surface area contributed by atoms with E-state index in [1.54, 1.807) is 24.3 Å². The first-order valence-electron chi connectivity index (χ1n) is 13.9. The molecule has 1 aliphatic rings. The lowest BCUT2D eigenvalue weighted by atomic mass is 9.99. The van der Waals surface area contributed by atoms with Crippen LogP contribution < -0.4 is 16.0 Å². The van der Waals surface area contributed by atoms with Crippen molar-refractivity contribution < 1.29 is 9.59 Å². The predicted molar refractivity (Wildman–Crippen MR) is 178 cm³/mol. The van der Waals surface area contributed by atoms with Crippen molar-refractivity contribution in [1.29, 1.82) is 0 Å². The second-order valence-corrected chi connectivity index (χ2v) is 10.1. The Morgan fingerprint density at radius 2 is 1.51 bits per heavy atom. The van der Waals surface area contributed by atoms with Gasteiger partial charge in [-0.1, -0.05) is 66.7 Å². The molecule has 0 radical (unpaired) electrons. The summed E-state index contributed by atoms with van der Waals surface area (Å²) in [5.41, 5.74) is 13.0. The molecule has 0 atom stereocenters. The van der Waals surface area contributed by atoms with Crippen LogP contribution in [-0.4, -0.2) is 34.9 Å². The van der Waals surface area contributed by atoms with Gasteiger partial charge in [0.25, 0.3) is 11.8 Å². The van der Waals surface area contributed by atoms with Gasteiger partial charge in [-0.05, 0) is 60.5 Å². The normalized spacial score (nSPS) is 11.7. The van der Waals surface area contributed by atoms with Gasteiger partial charge in [-0.2, -0.15) is 0 Å². The smallest absolute Gasteiger partial charge is 0.258 e. The third kappa shape index (κ3) is 6.65. The third-order valence-electron chi connectivity index (χ3n) is 7.37. The van der Waals surface area contributed by atoms with Crippen molar-refractivity contribution >= 4 is 48.0 Å². The van der Waals surface area contributed by atoms with E-state index in [0.29, 0.717) is 36.3 Å². The van der Waals surface area contributed by atoms with Crippen molar-refractivity contribution in [2.75, 3.05) is 23.3 Å². The quantitative estimate of drug-likeness (QED) is 0.185. The Morgan fingerprint density at radius 1 is 0.837 bits per heavy atom. The molecule has 2 heterocycles. The van der Waals surface area contributed by atoms with E-state index in [9.17, 15) is 9.59 Å². The number of rotatable bonds is 7. The van der Waals surface area contributed by atoms with Crippen LogP contribution in [0.2, 0.25) is 0 Å². The maximum Gasteiger partial charge on any atom is 0.258 e. The highest BCUT2D eigenvalue weighted by Crippen LogP contribution is 2.36. The maximum absolute atomic E-state index is 13.7. The summed E-state index contributed by atoms with van der Waals surface area (Å²) < 4.78 is 0. The Hall–Kier alpha value is -4.43. The highest BCUT2D eigenvalue weighted by atomic mass is 35.5. The molecule has 43 heavy (non-hydrogen) atoms. The number of hydrogen-bond donors (Lipinski definition) is 3. The number of para-hydroxylation sites is 1. The summed E-state index contributed by atoms with van der Waals surface area (Å²) >= 11 is 0. The number of anilines is 2. The highest BCUT2D eigenvalue weighted by molar-refractivity contribution is 6.10. The molecular weight excluding hydrogens is 581 g/mol. The van der Waals surface area contributed by atoms with Gasteiger partial charge in [-0.15, -0.1) is 24.8 Å². The molecule has 0 fully saturated rings. The lowest BCUT2D eigenvalue weighted by Crippen LogP contribution is -2.32. The van der Waals surface area contributed by atoms with Crippen LogP contribution in [0, 0.1) is 0 Å². The molecule has 2 amide bonds. The number of hydrogen-bond acceptors (Lipinski definition) is 4. The molecule has 6 rings (SSSR count). The van der Waals surface area contributed by atoms with Crippen molar-refractivity contribution in [3.8, 4) is 22.4 Å². The summed E-state index contributed by atoms with van der Waals surface area (Å²) in [6, 6.07) is 32.4. The number of nitrogens with one attached hydrogen (secondary N) is 2. The molecular formula is C34H33Cl2N5O2. The second kappa shape index (κ2) is 14.2. The summed E-state index contributed by atoms with van der Waals surface area (Å²) in [4.78, 5) is 37.1. The minimum absolute atomic E-state index is 0. The molecule has 1 aliphatic heterocycles. The molecule has 1 aromatic heterocycles. The van der Waals surface area contributed by atoms with Crippen molar-refractivity contribution in [3.63, 3.8) is 0 Å². The Balaban J connectivity index is 0.00000212. The fourth-order valence-electron chi connectivity index (χ4n) is 5.33. The van der Waals surface area contributed by atoms with Crippen LogP contribution in [0.3, 0.4) is 0 Å². The number of nitrogens with zero attached hydrogens (tertiary/aromatic N) is 2. The number of amides is 2. The summed E-state index contributed by atoms with van der Waals surface area (Å²) in [5.74, 6) is 0.627. The topological polar surface area (TPSA) is 104 Å². The average molecular weight is 615 g/mol. The summed E-state index contributed by atoms with van der Waals surface area (Å²) in [5, 5.41) is 2.98. The van der Waals surface area contributed by atoms with Crippen LogP contribution in [0.15, 0.2) is 103 Å². The molecule has 4 N–H and O–H groups in total. The summed E-state index contributed by atoms with van der Waals surface area (Å²) in [6.07, 6.45) is 2.31. The van der Waals surface area contributed by atoms with E-state index < -0.39 is 0 Å². The Morgan fingerprint density at radius 3 is 2.26 bits per heavy atom. The Labute approximate surface area is 263 Å². The van der Waals surface area contributed by atoms with E-state index in [4.69, 9.17) is 10.7 Å². The first-order valence-corrected chi connectivity index (χ1v) is 13.9. The molecule has 0 bridgehead atoms. The zero-order valence-electron chi connectivity index (χ0n) is 23.5. The number of fused-ring (bicyclic) bond motifs is 3. The number of carbonyl (C=O) groups excluding carboxylic acids is 2. The van der Waals surface area contributed by atoms with Crippen LogP contribution in [0.1, 0.15) is 38.7 Å². The zero-order chi connectivity index (χ0) is 28.2. The van der Waals surface area contributed by atoms with Crippen LogP contribution in [0.4, 0.5) is 11.4 Å². The number of imidazole rings is 1. The molecule has 0 saturated heterocycles. The van der Waals surface area contributed by atoms with Gasteiger partial charge in [0, 0.05) is 41.8 Å². The van der Waals surface area contributed by atoms with Crippen LogP contribution in [0.25, 0.3) is 22.4 Å². The average Bonchev–Trinajstić information content (AvgIpc) is 3.37. The number of aromatic amines is 1. The standard InChI is InChI=1S/C34H31N5O2.2ClH/c35-21-8-15-31-37-29-20-22-39(30-14-7-6-13-28(30)32(29)38-31)34(41)24-16-18-25(19-17-24)36-33(40)27-12-5-4-11-26(27)23-9-2-1-3-10-23;;/h1-7,9-14,16-19H,8,15,20-22,35H2,(H,36,40)(H,37,38);2*1H. The number of carbonyl (C=O) groups is 2. The van der Waals surface area contributed by atoms with E-state index in [-0.39, 0.29) is 36.6 Å². The Bertz CT molecular complexity index is 1700. The minimum atomic E-state index is -0.204. The van der Waals surface area contributed by atoms with Gasteiger partial charge in [-0.3, -0.25) is 9.59 Å². The molecule has 9 heteroatoms. The molecule has 0 spiro atoms. The van der Waals surface area contributed by atoms with Gasteiger partial charge in [-0.25, -0.2) is 4.98 Å². The number of aromatic nitrogens is 2. The van der Waals surface area contributed by atoms with E-state index in [0.717, 1.165) is 52.4 Å². The fraction of sp³-hybridized carbons (Fsp3) is 0.147. The molecule has 220 valence electrons. The summed E-state index contributed by atoms with van der Waals surface area (Å²) in [7, 11) is 0. The molecule has 0 saturated carbocycles. The number of aryl methyl sites for hydroxylation is 1. The fourth-order valence-corrected chi connectivity index (χ4v) is 5.33. The third-order valence-corrected chi connectivity index (χ3v) is 7.37. The molecule has 5 aromatic rings. The van der Waals surface area contributed by atoms with E-state index in [1.807, 2.05) is 83.8 Å². The SMILES string of the molecule is Cl.Cl.NCCCc1nc2c([nH]1)-c1ccccc1N(C(=O)c1ccc(NC(=O)c3ccccc3-c3ccccc3)cc1)CC2. The number of halogens is 2. The van der Waals surface area contributed by atoms with Crippen LogP contribution in [0.5, 0.6) is 0 Å². The molecule has 0 unspecified atom stereocenters. The maximum atomic E-state index is 13.7. The van der Waals surface area contributed by atoms with E-state index in [2.05, 4.69) is 10.3 Å².